The zero-order valence-corrected chi connectivity index (χ0v) is 12.7. The highest BCUT2D eigenvalue weighted by atomic mass is 16.5. The van der Waals surface area contributed by atoms with Crippen LogP contribution in [0.5, 0.6) is 5.75 Å². The fraction of sp³-hybridized carbons (Fsp3) is 0.471. The van der Waals surface area contributed by atoms with E-state index >= 15 is 0 Å². The van der Waals surface area contributed by atoms with Crippen molar-refractivity contribution < 1.29 is 4.74 Å². The number of ether oxygens (including phenoxy) is 1. The zero-order valence-electron chi connectivity index (χ0n) is 12.7. The monoisotopic (exact) mass is 285 g/mol. The van der Waals surface area contributed by atoms with Crippen LogP contribution >= 0.6 is 0 Å². The summed E-state index contributed by atoms with van der Waals surface area (Å²) >= 11 is 0. The molecule has 4 nitrogen and oxygen atoms in total. The molecular weight excluding hydrogens is 262 g/mol. The first-order chi connectivity index (χ1) is 10.3. The second-order valence-electron chi connectivity index (χ2n) is 5.66. The minimum absolute atomic E-state index is 0.463. The molecule has 2 aromatic rings. The van der Waals surface area contributed by atoms with Gasteiger partial charge in [-0.15, -0.1) is 0 Å². The number of nitrogens with one attached hydrogen (secondary N) is 1. The molecule has 0 spiro atoms. The molecule has 0 saturated carbocycles. The van der Waals surface area contributed by atoms with E-state index in [-0.39, 0.29) is 0 Å². The fourth-order valence-corrected chi connectivity index (χ4v) is 3.28. The molecule has 1 aromatic heterocycles. The quantitative estimate of drug-likeness (QED) is 0.917. The van der Waals surface area contributed by atoms with Crippen molar-refractivity contribution in [2.24, 2.45) is 7.05 Å². The van der Waals surface area contributed by atoms with E-state index in [0.717, 1.165) is 31.6 Å². The first-order valence-electron chi connectivity index (χ1n) is 7.65. The highest BCUT2D eigenvalue weighted by Crippen LogP contribution is 2.36. The molecule has 0 saturated heterocycles. The van der Waals surface area contributed by atoms with Crippen LogP contribution in [0, 0.1) is 0 Å². The number of nitrogens with zero attached hydrogens (tertiary/aromatic N) is 2. The number of fused-ring (bicyclic) bond motifs is 1. The van der Waals surface area contributed by atoms with E-state index in [1.54, 1.807) is 0 Å². The molecule has 1 N–H and O–H groups in total. The van der Waals surface area contributed by atoms with Gasteiger partial charge in [-0.2, -0.15) is 5.10 Å². The van der Waals surface area contributed by atoms with Crippen LogP contribution in [0.2, 0.25) is 0 Å². The molecule has 1 aliphatic heterocycles. The van der Waals surface area contributed by atoms with Gasteiger partial charge in [-0.25, -0.2) is 0 Å². The summed E-state index contributed by atoms with van der Waals surface area (Å²) in [7, 11) is 4.07. The molecular formula is C17H23N3O. The fourth-order valence-electron chi connectivity index (χ4n) is 3.28. The standard InChI is InChI=1S/C17H23N3O/c1-18-16(8-7-13-9-11-19-20(13)2)14-10-12-21-17-6-4-3-5-15(14)17/h3-6,9,11,14,16,18H,7-8,10,12H2,1-2H3. The second kappa shape index (κ2) is 6.31. The summed E-state index contributed by atoms with van der Waals surface area (Å²) in [5.74, 6) is 1.57. The number of para-hydroxylation sites is 1. The van der Waals surface area contributed by atoms with Crippen molar-refractivity contribution >= 4 is 0 Å². The van der Waals surface area contributed by atoms with Gasteiger partial charge in [0.25, 0.3) is 0 Å². The van der Waals surface area contributed by atoms with Gasteiger partial charge >= 0.3 is 0 Å². The molecule has 1 aliphatic rings. The molecule has 2 unspecified atom stereocenters. The average molecular weight is 285 g/mol. The van der Waals surface area contributed by atoms with E-state index < -0.39 is 0 Å². The lowest BCUT2D eigenvalue weighted by atomic mass is 9.84. The van der Waals surface area contributed by atoms with Crippen molar-refractivity contribution in [1.82, 2.24) is 15.1 Å². The summed E-state index contributed by atoms with van der Waals surface area (Å²) in [5.41, 5.74) is 2.63. The highest BCUT2D eigenvalue weighted by Gasteiger charge is 2.27. The first-order valence-corrected chi connectivity index (χ1v) is 7.65. The molecule has 1 aromatic carbocycles. The van der Waals surface area contributed by atoms with Crippen molar-refractivity contribution in [2.45, 2.75) is 31.2 Å². The van der Waals surface area contributed by atoms with Crippen LogP contribution in [0.25, 0.3) is 0 Å². The third kappa shape index (κ3) is 2.95. The maximum atomic E-state index is 5.78. The first kappa shape index (κ1) is 14.1. The number of aryl methyl sites for hydroxylation is 2. The van der Waals surface area contributed by atoms with Gasteiger partial charge in [0.2, 0.25) is 0 Å². The van der Waals surface area contributed by atoms with Crippen LogP contribution in [0.4, 0.5) is 0 Å². The van der Waals surface area contributed by atoms with Gasteiger partial charge in [0.1, 0.15) is 5.75 Å². The van der Waals surface area contributed by atoms with Crippen LogP contribution in [-0.4, -0.2) is 29.5 Å². The molecule has 2 heterocycles. The average Bonchev–Trinajstić information content (AvgIpc) is 2.93. The molecule has 0 bridgehead atoms. The molecule has 0 aliphatic carbocycles. The minimum atomic E-state index is 0.463. The Hall–Kier alpha value is -1.81. The number of likely N-dealkylation sites (N-methyl/N-ethyl adjacent to an activating group) is 1. The molecule has 3 rings (SSSR count). The zero-order chi connectivity index (χ0) is 14.7. The van der Waals surface area contributed by atoms with Crippen molar-refractivity contribution in [2.75, 3.05) is 13.7 Å². The topological polar surface area (TPSA) is 39.1 Å². The lowest BCUT2D eigenvalue weighted by molar-refractivity contribution is 0.244. The summed E-state index contributed by atoms with van der Waals surface area (Å²) in [6, 6.07) is 11.0. The largest absolute Gasteiger partial charge is 0.493 e. The summed E-state index contributed by atoms with van der Waals surface area (Å²) in [4.78, 5) is 0. The van der Waals surface area contributed by atoms with Gasteiger partial charge in [-0.3, -0.25) is 4.68 Å². The third-order valence-electron chi connectivity index (χ3n) is 4.50. The molecule has 112 valence electrons. The van der Waals surface area contributed by atoms with Gasteiger partial charge in [0, 0.05) is 30.9 Å². The van der Waals surface area contributed by atoms with Crippen LogP contribution < -0.4 is 10.1 Å². The Labute approximate surface area is 126 Å². The van der Waals surface area contributed by atoms with Crippen molar-refractivity contribution in [1.29, 1.82) is 0 Å². The summed E-state index contributed by atoms with van der Waals surface area (Å²) in [6.07, 6.45) is 5.10. The third-order valence-corrected chi connectivity index (χ3v) is 4.50. The Balaban J connectivity index is 1.73. The number of aromatic nitrogens is 2. The normalized spacial score (nSPS) is 18.9. The number of hydrogen-bond acceptors (Lipinski definition) is 3. The highest BCUT2D eigenvalue weighted by molar-refractivity contribution is 5.38. The van der Waals surface area contributed by atoms with Crippen molar-refractivity contribution in [3.8, 4) is 5.75 Å². The van der Waals surface area contributed by atoms with Crippen LogP contribution in [0.1, 0.15) is 30.0 Å². The van der Waals surface area contributed by atoms with E-state index in [1.165, 1.54) is 11.3 Å². The molecule has 2 atom stereocenters. The summed E-state index contributed by atoms with van der Waals surface area (Å²) < 4.78 is 7.74. The summed E-state index contributed by atoms with van der Waals surface area (Å²) in [5, 5.41) is 7.75. The Morgan fingerprint density at radius 3 is 3.00 bits per heavy atom. The van der Waals surface area contributed by atoms with Gasteiger partial charge in [-0.1, -0.05) is 18.2 Å². The van der Waals surface area contributed by atoms with Crippen LogP contribution in [0.3, 0.4) is 0 Å². The molecule has 0 amide bonds. The summed E-state index contributed by atoms with van der Waals surface area (Å²) in [6.45, 7) is 0.811. The van der Waals surface area contributed by atoms with E-state index in [0.29, 0.717) is 12.0 Å². The van der Waals surface area contributed by atoms with E-state index in [2.05, 4.69) is 41.7 Å². The maximum Gasteiger partial charge on any atom is 0.122 e. The van der Waals surface area contributed by atoms with E-state index in [9.17, 15) is 0 Å². The van der Waals surface area contributed by atoms with Gasteiger partial charge in [0.05, 0.1) is 6.61 Å². The van der Waals surface area contributed by atoms with Crippen molar-refractivity contribution in [3.63, 3.8) is 0 Å². The maximum absolute atomic E-state index is 5.78. The predicted octanol–water partition coefficient (Wildman–Crippen LogP) is 2.51. The van der Waals surface area contributed by atoms with Crippen molar-refractivity contribution in [3.05, 3.63) is 47.8 Å². The predicted molar refractivity (Wildman–Crippen MR) is 83.7 cm³/mol. The Bertz CT molecular complexity index is 593. The minimum Gasteiger partial charge on any atom is -0.493 e. The SMILES string of the molecule is CNC(CCc1ccnn1C)C1CCOc2ccccc21. The Kier molecular flexibility index (Phi) is 4.25. The lowest BCUT2D eigenvalue weighted by Gasteiger charge is -2.32. The number of benzene rings is 1. The van der Waals surface area contributed by atoms with E-state index in [4.69, 9.17) is 4.74 Å². The Morgan fingerprint density at radius 2 is 2.24 bits per heavy atom. The number of hydrogen-bond donors (Lipinski definition) is 1. The van der Waals surface area contributed by atoms with Crippen LogP contribution in [0.15, 0.2) is 36.5 Å². The van der Waals surface area contributed by atoms with Gasteiger partial charge in [-0.05, 0) is 44.0 Å². The van der Waals surface area contributed by atoms with Crippen LogP contribution in [-0.2, 0) is 13.5 Å². The Morgan fingerprint density at radius 1 is 1.38 bits per heavy atom. The smallest absolute Gasteiger partial charge is 0.122 e. The van der Waals surface area contributed by atoms with Gasteiger partial charge < -0.3 is 10.1 Å². The van der Waals surface area contributed by atoms with E-state index in [1.807, 2.05) is 24.0 Å². The molecule has 0 fully saturated rings. The second-order valence-corrected chi connectivity index (χ2v) is 5.66. The molecule has 21 heavy (non-hydrogen) atoms. The molecule has 0 radical (unpaired) electrons. The lowest BCUT2D eigenvalue weighted by Crippen LogP contribution is -2.35. The van der Waals surface area contributed by atoms with Gasteiger partial charge in [0.15, 0.2) is 0 Å². The molecule has 4 heteroatoms. The number of rotatable bonds is 5.